The van der Waals surface area contributed by atoms with Crippen LogP contribution in [0.3, 0.4) is 0 Å². The second-order valence-electron chi connectivity index (χ2n) is 4.59. The van der Waals surface area contributed by atoms with Crippen molar-refractivity contribution in [1.82, 2.24) is 15.3 Å². The van der Waals surface area contributed by atoms with Crippen molar-refractivity contribution in [2.24, 2.45) is 0 Å². The molecule has 4 nitrogen and oxygen atoms in total. The van der Waals surface area contributed by atoms with Crippen LogP contribution in [0, 0.1) is 6.92 Å². The van der Waals surface area contributed by atoms with Crippen LogP contribution < -0.4 is 5.32 Å². The number of aryl methyl sites for hydroxylation is 1. The highest BCUT2D eigenvalue weighted by molar-refractivity contribution is 5.15. The van der Waals surface area contributed by atoms with Gasteiger partial charge in [0.15, 0.2) is 0 Å². The average molecular weight is 235 g/mol. The molecule has 0 amide bonds. The lowest BCUT2D eigenvalue weighted by Crippen LogP contribution is -2.18. The fourth-order valence-corrected chi connectivity index (χ4v) is 2.21. The van der Waals surface area contributed by atoms with Gasteiger partial charge in [-0.05, 0) is 32.9 Å². The Labute approximate surface area is 103 Å². The SMILES string of the molecule is CNCCc1nc(C)cc(C2CCOCC2)n1. The summed E-state index contributed by atoms with van der Waals surface area (Å²) in [7, 11) is 1.95. The van der Waals surface area contributed by atoms with Crippen molar-refractivity contribution >= 4 is 0 Å². The zero-order valence-electron chi connectivity index (χ0n) is 10.7. The van der Waals surface area contributed by atoms with E-state index in [1.165, 1.54) is 5.69 Å². The van der Waals surface area contributed by atoms with Gasteiger partial charge in [0.2, 0.25) is 0 Å². The van der Waals surface area contributed by atoms with Crippen LogP contribution in [0.1, 0.15) is 36.0 Å². The average Bonchev–Trinajstić information content (AvgIpc) is 2.37. The van der Waals surface area contributed by atoms with Crippen molar-refractivity contribution < 1.29 is 4.74 Å². The van der Waals surface area contributed by atoms with Crippen molar-refractivity contribution in [3.63, 3.8) is 0 Å². The fraction of sp³-hybridized carbons (Fsp3) is 0.692. The molecular formula is C13H21N3O. The summed E-state index contributed by atoms with van der Waals surface area (Å²) in [5.41, 5.74) is 2.28. The summed E-state index contributed by atoms with van der Waals surface area (Å²) in [4.78, 5) is 9.17. The molecule has 2 rings (SSSR count). The van der Waals surface area contributed by atoms with E-state index in [4.69, 9.17) is 4.74 Å². The third-order valence-electron chi connectivity index (χ3n) is 3.16. The first-order valence-electron chi connectivity index (χ1n) is 6.36. The highest BCUT2D eigenvalue weighted by atomic mass is 16.5. The van der Waals surface area contributed by atoms with Crippen LogP contribution in [-0.4, -0.2) is 36.8 Å². The quantitative estimate of drug-likeness (QED) is 0.858. The second kappa shape index (κ2) is 6.07. The Morgan fingerprint density at radius 1 is 1.35 bits per heavy atom. The Bertz CT molecular complexity index is 362. The minimum absolute atomic E-state index is 0.554. The van der Waals surface area contributed by atoms with Crippen molar-refractivity contribution in [2.45, 2.75) is 32.1 Å². The van der Waals surface area contributed by atoms with Gasteiger partial charge in [0.25, 0.3) is 0 Å². The molecular weight excluding hydrogens is 214 g/mol. The molecule has 1 aliphatic heterocycles. The van der Waals surface area contributed by atoms with Gasteiger partial charge in [-0.3, -0.25) is 0 Å². The molecule has 1 aliphatic rings. The van der Waals surface area contributed by atoms with Gasteiger partial charge in [-0.2, -0.15) is 0 Å². The van der Waals surface area contributed by atoms with Crippen molar-refractivity contribution in [3.05, 3.63) is 23.3 Å². The summed E-state index contributed by atoms with van der Waals surface area (Å²) in [5, 5.41) is 3.13. The van der Waals surface area contributed by atoms with Crippen LogP contribution in [0.4, 0.5) is 0 Å². The molecule has 1 aromatic heterocycles. The molecule has 1 fully saturated rings. The lowest BCUT2D eigenvalue weighted by molar-refractivity contribution is 0.0844. The lowest BCUT2D eigenvalue weighted by atomic mass is 9.96. The summed E-state index contributed by atoms with van der Waals surface area (Å²) in [6.45, 7) is 4.70. The molecule has 0 saturated carbocycles. The molecule has 0 aromatic carbocycles. The maximum Gasteiger partial charge on any atom is 0.130 e. The summed E-state index contributed by atoms with van der Waals surface area (Å²) < 4.78 is 5.39. The van der Waals surface area contributed by atoms with Gasteiger partial charge in [0.05, 0.1) is 0 Å². The topological polar surface area (TPSA) is 47.0 Å². The monoisotopic (exact) mass is 235 g/mol. The molecule has 0 spiro atoms. The minimum atomic E-state index is 0.554. The van der Waals surface area contributed by atoms with E-state index in [2.05, 4.69) is 21.4 Å². The minimum Gasteiger partial charge on any atom is -0.381 e. The molecule has 2 heterocycles. The van der Waals surface area contributed by atoms with Crippen molar-refractivity contribution in [2.75, 3.05) is 26.8 Å². The van der Waals surface area contributed by atoms with E-state index in [-0.39, 0.29) is 0 Å². The number of nitrogens with one attached hydrogen (secondary N) is 1. The van der Waals surface area contributed by atoms with Gasteiger partial charge in [-0.1, -0.05) is 0 Å². The van der Waals surface area contributed by atoms with Crippen LogP contribution in [0.5, 0.6) is 0 Å². The van der Waals surface area contributed by atoms with Crippen molar-refractivity contribution in [1.29, 1.82) is 0 Å². The van der Waals surface area contributed by atoms with Crippen LogP contribution in [0.25, 0.3) is 0 Å². The van der Waals surface area contributed by atoms with E-state index in [0.29, 0.717) is 5.92 Å². The van der Waals surface area contributed by atoms with Gasteiger partial charge < -0.3 is 10.1 Å². The predicted molar refractivity (Wildman–Crippen MR) is 67.2 cm³/mol. The summed E-state index contributed by atoms with van der Waals surface area (Å²) >= 11 is 0. The Balaban J connectivity index is 2.12. The first-order valence-corrected chi connectivity index (χ1v) is 6.36. The lowest BCUT2D eigenvalue weighted by Gasteiger charge is -2.22. The van der Waals surface area contributed by atoms with Gasteiger partial charge in [-0.15, -0.1) is 0 Å². The first kappa shape index (κ1) is 12.5. The van der Waals surface area contributed by atoms with E-state index in [0.717, 1.165) is 50.5 Å². The summed E-state index contributed by atoms with van der Waals surface area (Å²) in [6, 6.07) is 2.12. The molecule has 17 heavy (non-hydrogen) atoms. The van der Waals surface area contributed by atoms with Gasteiger partial charge >= 0.3 is 0 Å². The van der Waals surface area contributed by atoms with Crippen LogP contribution >= 0.6 is 0 Å². The zero-order valence-corrected chi connectivity index (χ0v) is 10.7. The highest BCUT2D eigenvalue weighted by Crippen LogP contribution is 2.25. The van der Waals surface area contributed by atoms with Crippen molar-refractivity contribution in [3.8, 4) is 0 Å². The van der Waals surface area contributed by atoms with Crippen LogP contribution in [-0.2, 0) is 11.2 Å². The third kappa shape index (κ3) is 3.48. The molecule has 0 radical (unpaired) electrons. The number of ether oxygens (including phenoxy) is 1. The Kier molecular flexibility index (Phi) is 4.45. The fourth-order valence-electron chi connectivity index (χ4n) is 2.21. The summed E-state index contributed by atoms with van der Waals surface area (Å²) in [5.74, 6) is 1.51. The molecule has 4 heteroatoms. The maximum atomic E-state index is 5.39. The number of aromatic nitrogens is 2. The Morgan fingerprint density at radius 3 is 2.82 bits per heavy atom. The van der Waals surface area contributed by atoms with E-state index in [1.807, 2.05) is 14.0 Å². The standard InChI is InChI=1S/C13H21N3O/c1-10-9-12(11-4-7-17-8-5-11)16-13(15-10)3-6-14-2/h9,11,14H,3-8H2,1-2H3. The molecule has 0 bridgehead atoms. The number of hydrogen-bond acceptors (Lipinski definition) is 4. The van der Waals surface area contributed by atoms with Crippen LogP contribution in [0.15, 0.2) is 6.07 Å². The Morgan fingerprint density at radius 2 is 2.12 bits per heavy atom. The molecule has 1 aromatic rings. The zero-order chi connectivity index (χ0) is 12.1. The highest BCUT2D eigenvalue weighted by Gasteiger charge is 2.18. The molecule has 0 unspecified atom stereocenters. The molecule has 1 N–H and O–H groups in total. The van der Waals surface area contributed by atoms with E-state index in [9.17, 15) is 0 Å². The number of rotatable bonds is 4. The molecule has 94 valence electrons. The molecule has 0 aliphatic carbocycles. The normalized spacial score (nSPS) is 17.3. The Hall–Kier alpha value is -1.00. The first-order chi connectivity index (χ1) is 8.29. The largest absolute Gasteiger partial charge is 0.381 e. The third-order valence-corrected chi connectivity index (χ3v) is 3.16. The smallest absolute Gasteiger partial charge is 0.130 e. The molecule has 0 atom stereocenters. The van der Waals surface area contributed by atoms with Gasteiger partial charge in [-0.25, -0.2) is 9.97 Å². The molecule has 1 saturated heterocycles. The van der Waals surface area contributed by atoms with Gasteiger partial charge in [0.1, 0.15) is 5.82 Å². The number of hydrogen-bond donors (Lipinski definition) is 1. The maximum absolute atomic E-state index is 5.39. The van der Waals surface area contributed by atoms with Gasteiger partial charge in [0, 0.05) is 43.5 Å². The number of nitrogens with zero attached hydrogens (tertiary/aromatic N) is 2. The van der Waals surface area contributed by atoms with E-state index >= 15 is 0 Å². The second-order valence-corrected chi connectivity index (χ2v) is 4.59. The van der Waals surface area contributed by atoms with E-state index in [1.54, 1.807) is 0 Å². The predicted octanol–water partition coefficient (Wildman–Crippen LogP) is 1.44. The summed E-state index contributed by atoms with van der Waals surface area (Å²) in [6.07, 6.45) is 3.07. The van der Waals surface area contributed by atoms with E-state index < -0.39 is 0 Å². The van der Waals surface area contributed by atoms with Crippen LogP contribution in [0.2, 0.25) is 0 Å². The number of likely N-dealkylation sites (N-methyl/N-ethyl adjacent to an activating group) is 1.